The minimum absolute atomic E-state index is 1.10. The molecule has 1 nitrogen and oxygen atoms in total. The zero-order valence-corrected chi connectivity index (χ0v) is 26.0. The average Bonchev–Trinajstić information content (AvgIpc) is 3.16. The van der Waals surface area contributed by atoms with Gasteiger partial charge in [0.05, 0.1) is 11.4 Å². The summed E-state index contributed by atoms with van der Waals surface area (Å²) in [6, 6.07) is 71.9. The summed E-state index contributed by atoms with van der Waals surface area (Å²) in [5.41, 5.74) is 12.8. The van der Waals surface area contributed by atoms with Crippen molar-refractivity contribution in [3.8, 4) is 44.5 Å². The summed E-state index contributed by atoms with van der Waals surface area (Å²) in [6.45, 7) is 0. The van der Waals surface area contributed by atoms with E-state index in [-0.39, 0.29) is 0 Å². The van der Waals surface area contributed by atoms with Crippen molar-refractivity contribution >= 4 is 27.8 Å². The molecule has 1 heteroatoms. The van der Waals surface area contributed by atoms with E-state index in [2.05, 4.69) is 205 Å². The van der Waals surface area contributed by atoms with Crippen LogP contribution in [-0.2, 0) is 0 Å². The van der Waals surface area contributed by atoms with Gasteiger partial charge in [-0.2, -0.15) is 0 Å². The first-order valence-corrected chi connectivity index (χ1v) is 16.1. The van der Waals surface area contributed by atoms with Gasteiger partial charge in [0.1, 0.15) is 0 Å². The van der Waals surface area contributed by atoms with Crippen LogP contribution in [0.15, 0.2) is 200 Å². The molecule has 0 radical (unpaired) electrons. The van der Waals surface area contributed by atoms with Gasteiger partial charge in [-0.1, -0.05) is 170 Å². The minimum Gasteiger partial charge on any atom is -0.309 e. The van der Waals surface area contributed by atoms with Gasteiger partial charge in [0, 0.05) is 16.8 Å². The van der Waals surface area contributed by atoms with Crippen LogP contribution in [0, 0.1) is 0 Å². The highest BCUT2D eigenvalue weighted by Gasteiger charge is 2.21. The molecule has 0 heterocycles. The maximum Gasteiger partial charge on any atom is 0.0546 e. The first kappa shape index (κ1) is 28.3. The molecular weight excluding hydrogens is 567 g/mol. The van der Waals surface area contributed by atoms with Crippen LogP contribution in [0.2, 0.25) is 0 Å². The van der Waals surface area contributed by atoms with Crippen LogP contribution in [0.25, 0.3) is 55.3 Å². The van der Waals surface area contributed by atoms with Crippen molar-refractivity contribution in [1.82, 2.24) is 0 Å². The molecule has 222 valence electrons. The standard InChI is InChI=1S/C46H33N/c1-4-14-34(15-5-1)36-26-29-42(30-27-36)47(45-23-13-12-22-43(45)37-17-6-2-7-18-37)46-33-41(28-31-44(46)38-19-8-3-9-20-38)40-25-24-35-16-10-11-21-39(35)32-40/h1-33H. The zero-order chi connectivity index (χ0) is 31.4. The van der Waals surface area contributed by atoms with E-state index in [1.54, 1.807) is 0 Å². The summed E-state index contributed by atoms with van der Waals surface area (Å²) in [4.78, 5) is 2.43. The molecule has 0 saturated heterocycles. The number of anilines is 3. The second kappa shape index (κ2) is 12.7. The van der Waals surface area contributed by atoms with Gasteiger partial charge in [0.15, 0.2) is 0 Å². The van der Waals surface area contributed by atoms with Crippen molar-refractivity contribution in [2.24, 2.45) is 0 Å². The molecule has 0 amide bonds. The molecule has 8 rings (SSSR count). The van der Waals surface area contributed by atoms with Crippen LogP contribution in [0.1, 0.15) is 0 Å². The van der Waals surface area contributed by atoms with Gasteiger partial charge in [0.25, 0.3) is 0 Å². The smallest absolute Gasteiger partial charge is 0.0546 e. The van der Waals surface area contributed by atoms with Crippen molar-refractivity contribution in [3.63, 3.8) is 0 Å². The summed E-state index contributed by atoms with van der Waals surface area (Å²) in [7, 11) is 0. The Morgan fingerprint density at radius 2 is 0.723 bits per heavy atom. The lowest BCUT2D eigenvalue weighted by Gasteiger charge is -2.30. The largest absolute Gasteiger partial charge is 0.309 e. The van der Waals surface area contributed by atoms with E-state index >= 15 is 0 Å². The third-order valence-corrected chi connectivity index (χ3v) is 8.87. The van der Waals surface area contributed by atoms with Gasteiger partial charge in [0.2, 0.25) is 0 Å². The highest BCUT2D eigenvalue weighted by atomic mass is 15.1. The molecule has 0 bridgehead atoms. The molecule has 8 aromatic carbocycles. The first-order chi connectivity index (χ1) is 23.3. The van der Waals surface area contributed by atoms with Gasteiger partial charge >= 0.3 is 0 Å². The summed E-state index contributed by atoms with van der Waals surface area (Å²) in [6.07, 6.45) is 0. The first-order valence-electron chi connectivity index (χ1n) is 16.1. The Kier molecular flexibility index (Phi) is 7.63. The Bertz CT molecular complexity index is 2270. The lowest BCUT2D eigenvalue weighted by Crippen LogP contribution is -2.12. The molecule has 0 aromatic heterocycles. The van der Waals surface area contributed by atoms with E-state index in [9.17, 15) is 0 Å². The van der Waals surface area contributed by atoms with Crippen molar-refractivity contribution in [2.75, 3.05) is 4.90 Å². The normalized spacial score (nSPS) is 11.0. The van der Waals surface area contributed by atoms with E-state index in [0.717, 1.165) is 17.1 Å². The van der Waals surface area contributed by atoms with Crippen molar-refractivity contribution in [1.29, 1.82) is 0 Å². The molecule has 0 spiro atoms. The van der Waals surface area contributed by atoms with Crippen LogP contribution in [0.3, 0.4) is 0 Å². The van der Waals surface area contributed by atoms with E-state index in [4.69, 9.17) is 0 Å². The molecule has 0 fully saturated rings. The quantitative estimate of drug-likeness (QED) is 0.176. The summed E-state index contributed by atoms with van der Waals surface area (Å²) >= 11 is 0. The fourth-order valence-corrected chi connectivity index (χ4v) is 6.50. The van der Waals surface area contributed by atoms with Crippen molar-refractivity contribution in [3.05, 3.63) is 200 Å². The molecule has 8 aromatic rings. The molecule has 0 N–H and O–H groups in total. The topological polar surface area (TPSA) is 3.24 Å². The van der Waals surface area contributed by atoms with E-state index in [1.165, 1.54) is 55.3 Å². The highest BCUT2D eigenvalue weighted by Crippen LogP contribution is 2.46. The van der Waals surface area contributed by atoms with E-state index in [0.29, 0.717) is 0 Å². The predicted octanol–water partition coefficient (Wildman–Crippen LogP) is 13.0. The Labute approximate surface area is 276 Å². The van der Waals surface area contributed by atoms with Gasteiger partial charge in [-0.25, -0.2) is 0 Å². The summed E-state index contributed by atoms with van der Waals surface area (Å²) < 4.78 is 0. The number of rotatable bonds is 7. The molecule has 47 heavy (non-hydrogen) atoms. The molecule has 0 aliphatic carbocycles. The third kappa shape index (κ3) is 5.72. The van der Waals surface area contributed by atoms with Gasteiger partial charge in [-0.15, -0.1) is 0 Å². The van der Waals surface area contributed by atoms with Gasteiger partial charge in [-0.05, 0) is 74.5 Å². The van der Waals surface area contributed by atoms with Gasteiger partial charge in [-0.3, -0.25) is 0 Å². The Morgan fingerprint density at radius 3 is 1.40 bits per heavy atom. The van der Waals surface area contributed by atoms with Crippen LogP contribution >= 0.6 is 0 Å². The van der Waals surface area contributed by atoms with E-state index < -0.39 is 0 Å². The number of hydrogen-bond acceptors (Lipinski definition) is 1. The number of benzene rings is 8. The molecular formula is C46H33N. The molecule has 0 atom stereocenters. The zero-order valence-electron chi connectivity index (χ0n) is 26.0. The third-order valence-electron chi connectivity index (χ3n) is 8.87. The van der Waals surface area contributed by atoms with Crippen LogP contribution in [0.5, 0.6) is 0 Å². The molecule has 0 unspecified atom stereocenters. The summed E-state index contributed by atoms with van der Waals surface area (Å²) in [5, 5.41) is 2.48. The van der Waals surface area contributed by atoms with Crippen LogP contribution in [0.4, 0.5) is 17.1 Å². The van der Waals surface area contributed by atoms with Crippen LogP contribution < -0.4 is 4.90 Å². The predicted molar refractivity (Wildman–Crippen MR) is 200 cm³/mol. The maximum absolute atomic E-state index is 2.43. The number of nitrogens with zero attached hydrogens (tertiary/aromatic N) is 1. The maximum atomic E-state index is 2.43. The number of fused-ring (bicyclic) bond motifs is 1. The number of hydrogen-bond donors (Lipinski definition) is 0. The SMILES string of the molecule is c1ccc(-c2ccc(N(c3ccccc3-c3ccccc3)c3cc(-c4ccc5ccccc5c4)ccc3-c3ccccc3)cc2)cc1. The molecule has 0 saturated carbocycles. The molecule has 0 aliphatic rings. The van der Waals surface area contributed by atoms with E-state index in [1.807, 2.05) is 0 Å². The lowest BCUT2D eigenvalue weighted by molar-refractivity contribution is 1.28. The average molecular weight is 600 g/mol. The van der Waals surface area contributed by atoms with Gasteiger partial charge < -0.3 is 4.90 Å². The van der Waals surface area contributed by atoms with Crippen molar-refractivity contribution < 1.29 is 0 Å². The monoisotopic (exact) mass is 599 g/mol. The lowest BCUT2D eigenvalue weighted by atomic mass is 9.94. The molecule has 0 aliphatic heterocycles. The second-order valence-electron chi connectivity index (χ2n) is 11.8. The van der Waals surface area contributed by atoms with Crippen molar-refractivity contribution in [2.45, 2.75) is 0 Å². The fourth-order valence-electron chi connectivity index (χ4n) is 6.50. The Morgan fingerprint density at radius 1 is 0.255 bits per heavy atom. The minimum atomic E-state index is 1.10. The number of para-hydroxylation sites is 1. The fraction of sp³-hybridized carbons (Fsp3) is 0. The Hall–Kier alpha value is -6.18. The second-order valence-corrected chi connectivity index (χ2v) is 11.8. The van der Waals surface area contributed by atoms with Crippen LogP contribution in [-0.4, -0.2) is 0 Å². The Balaban J connectivity index is 1.37. The summed E-state index contributed by atoms with van der Waals surface area (Å²) in [5.74, 6) is 0. The highest BCUT2D eigenvalue weighted by molar-refractivity contribution is 5.96.